The first-order valence-electron chi connectivity index (χ1n) is 9.36. The fourth-order valence-corrected chi connectivity index (χ4v) is 12.2. The van der Waals surface area contributed by atoms with Crippen molar-refractivity contribution in [3.63, 3.8) is 0 Å². The van der Waals surface area contributed by atoms with Gasteiger partial charge >= 0.3 is 188 Å². The van der Waals surface area contributed by atoms with E-state index in [1.807, 2.05) is 18.2 Å². The van der Waals surface area contributed by atoms with Crippen LogP contribution in [0.2, 0.25) is 0 Å². The molecule has 0 N–H and O–H groups in total. The number of hydrogen-bond acceptors (Lipinski definition) is 0. The van der Waals surface area contributed by atoms with Gasteiger partial charge in [-0.3, -0.25) is 0 Å². The molecule has 0 spiro atoms. The third-order valence-electron chi connectivity index (χ3n) is 5.36. The van der Waals surface area contributed by atoms with Gasteiger partial charge in [0.05, 0.1) is 0 Å². The molecule has 0 aromatic heterocycles. The number of benzene rings is 4. The van der Waals surface area contributed by atoms with Crippen LogP contribution >= 0.6 is 36.7 Å². The van der Waals surface area contributed by atoms with Gasteiger partial charge in [0.1, 0.15) is 0 Å². The van der Waals surface area contributed by atoms with Gasteiger partial charge in [0.2, 0.25) is 0 Å². The van der Waals surface area contributed by atoms with Gasteiger partial charge < -0.3 is 0 Å². The van der Waals surface area contributed by atoms with Crippen LogP contribution in [-0.2, 0) is 6.16 Å². The van der Waals surface area contributed by atoms with E-state index >= 15 is 0 Å². The Morgan fingerprint density at radius 1 is 0.621 bits per heavy atom. The Kier molecular flexibility index (Phi) is 5.75. The van der Waals surface area contributed by atoms with Crippen LogP contribution in [0.1, 0.15) is 5.56 Å². The Hall–Kier alpha value is -1.80. The van der Waals surface area contributed by atoms with Gasteiger partial charge in [-0.15, -0.1) is 0 Å². The van der Waals surface area contributed by atoms with E-state index in [9.17, 15) is 4.39 Å². The molecule has 0 aliphatic rings. The molecule has 0 radical (unpaired) electrons. The average Bonchev–Trinajstić information content (AvgIpc) is 2.78. The van der Waals surface area contributed by atoms with Gasteiger partial charge in [-0.1, -0.05) is 0 Å². The van der Waals surface area contributed by atoms with Crippen LogP contribution in [0.3, 0.4) is 0 Å². The molecule has 0 amide bonds. The normalized spacial score (nSPS) is 12.9. The summed E-state index contributed by atoms with van der Waals surface area (Å²) < 4.78 is 15.1. The first kappa shape index (κ1) is 20.5. The zero-order valence-corrected chi connectivity index (χ0v) is 19.7. The third kappa shape index (κ3) is 3.61. The molecule has 0 saturated heterocycles. The van der Waals surface area contributed by atoms with Crippen LogP contribution in [0.5, 0.6) is 0 Å². The molecule has 4 heteroatoms. The van der Waals surface area contributed by atoms with Gasteiger partial charge in [0, 0.05) is 0 Å². The van der Waals surface area contributed by atoms with Crippen molar-refractivity contribution in [3.8, 4) is 0 Å². The summed E-state index contributed by atoms with van der Waals surface area (Å²) in [5, 5.41) is 0.524. The summed E-state index contributed by atoms with van der Waals surface area (Å²) in [6.07, 6.45) is 0.655. The van der Waals surface area contributed by atoms with E-state index in [4.69, 9.17) is 0 Å². The minimum absolute atomic E-state index is 0.227. The summed E-state index contributed by atoms with van der Waals surface area (Å²) in [7, 11) is 0. The Labute approximate surface area is 187 Å². The van der Waals surface area contributed by atoms with Crippen molar-refractivity contribution in [1.29, 1.82) is 0 Å². The molecule has 4 rings (SSSR count). The van der Waals surface area contributed by atoms with Gasteiger partial charge in [0.25, 0.3) is 0 Å². The molecule has 4 aromatic carbocycles. The summed E-state index contributed by atoms with van der Waals surface area (Å²) in [6, 6.07) is 36.5. The second-order valence-electron chi connectivity index (χ2n) is 7.08. The van der Waals surface area contributed by atoms with Crippen molar-refractivity contribution in [2.45, 2.75) is 6.16 Å². The van der Waals surface area contributed by atoms with E-state index < -0.39 is 5.31 Å². The van der Waals surface area contributed by atoms with Crippen LogP contribution in [0.25, 0.3) is 0 Å². The predicted molar refractivity (Wildman–Crippen MR) is 132 cm³/mol. The molecule has 146 valence electrons. The molecular weight excluding hydrogens is 510 g/mol. The number of hydrogen-bond donors (Lipinski definition) is 0. The summed E-state index contributed by atoms with van der Waals surface area (Å²) in [5.41, 5.74) is 0.941. The summed E-state index contributed by atoms with van der Waals surface area (Å²) in [5.74, 6) is -0.227. The van der Waals surface area contributed by atoms with Crippen molar-refractivity contribution in [2.24, 2.45) is 0 Å². The van der Waals surface area contributed by atoms with Crippen LogP contribution in [-0.4, -0.2) is 0 Å². The maximum absolute atomic E-state index is 14.2. The maximum atomic E-state index is 14.2. The van der Waals surface area contributed by atoms with E-state index in [-0.39, 0.29) is 5.82 Å². The second kappa shape index (κ2) is 8.14. The SMILES string of the molecule is Fc1ccc(Br)c(CP(Br)(c2ccccc2)(c2ccccc2)c2ccccc2)c1. The van der Waals surface area contributed by atoms with Gasteiger partial charge in [-0.25, -0.2) is 0 Å². The Balaban J connectivity index is 2.11. The molecule has 0 nitrogen and oxygen atoms in total. The summed E-state index contributed by atoms with van der Waals surface area (Å²) in [6.45, 7) is 0. The molecule has 0 bridgehead atoms. The summed E-state index contributed by atoms with van der Waals surface area (Å²) >= 11 is 8.06. The molecular formula is C25H20Br2FP. The monoisotopic (exact) mass is 528 g/mol. The zero-order chi connectivity index (χ0) is 20.3. The van der Waals surface area contributed by atoms with Crippen molar-refractivity contribution in [3.05, 3.63) is 125 Å². The molecule has 0 fully saturated rings. The molecule has 0 saturated carbocycles. The fourth-order valence-electron chi connectivity index (χ4n) is 3.92. The minimum atomic E-state index is -3.12. The molecule has 4 aromatic rings. The van der Waals surface area contributed by atoms with Gasteiger partial charge in [-0.2, -0.15) is 0 Å². The van der Waals surface area contributed by atoms with Gasteiger partial charge in [0.15, 0.2) is 0 Å². The molecule has 0 heterocycles. The molecule has 0 atom stereocenters. The van der Waals surface area contributed by atoms with Crippen molar-refractivity contribution >= 4 is 52.6 Å². The van der Waals surface area contributed by atoms with Crippen LogP contribution in [0.4, 0.5) is 4.39 Å². The Morgan fingerprint density at radius 2 is 1.03 bits per heavy atom. The Bertz CT molecular complexity index is 1020. The molecule has 29 heavy (non-hydrogen) atoms. The third-order valence-corrected chi connectivity index (χ3v) is 15.6. The van der Waals surface area contributed by atoms with E-state index in [1.165, 1.54) is 22.0 Å². The molecule has 0 aliphatic heterocycles. The van der Waals surface area contributed by atoms with Crippen LogP contribution < -0.4 is 15.9 Å². The van der Waals surface area contributed by atoms with Crippen molar-refractivity contribution in [2.75, 3.05) is 0 Å². The van der Waals surface area contributed by atoms with E-state index in [1.54, 1.807) is 12.1 Å². The summed E-state index contributed by atoms with van der Waals surface area (Å²) in [4.78, 5) is 0. The second-order valence-corrected chi connectivity index (χ2v) is 16.9. The number of rotatable bonds is 5. The molecule has 0 unspecified atom stereocenters. The van der Waals surface area contributed by atoms with Crippen molar-refractivity contribution in [1.82, 2.24) is 0 Å². The molecule has 0 aliphatic carbocycles. The Morgan fingerprint density at radius 3 is 1.45 bits per heavy atom. The number of halogens is 3. The van der Waals surface area contributed by atoms with Gasteiger partial charge in [-0.05, 0) is 0 Å². The van der Waals surface area contributed by atoms with E-state index in [0.717, 1.165) is 10.0 Å². The van der Waals surface area contributed by atoms with E-state index in [2.05, 4.69) is 104 Å². The zero-order valence-electron chi connectivity index (χ0n) is 15.7. The first-order valence-corrected chi connectivity index (χ1v) is 14.6. The topological polar surface area (TPSA) is 0 Å². The predicted octanol–water partition coefficient (Wildman–Crippen LogP) is 6.93. The quantitative estimate of drug-likeness (QED) is 0.246. The van der Waals surface area contributed by atoms with Crippen LogP contribution in [0, 0.1) is 5.82 Å². The first-order chi connectivity index (χ1) is 14.0. The average molecular weight is 530 g/mol. The fraction of sp³-hybridized carbons (Fsp3) is 0.0400. The van der Waals surface area contributed by atoms with Crippen LogP contribution in [0.15, 0.2) is 114 Å². The van der Waals surface area contributed by atoms with E-state index in [0.29, 0.717) is 6.16 Å². The standard InChI is InChI=1S/C25H20Br2FP/c26-25-17-16-21(28)18-20(25)19-29(27,22-10-4-1-5-11-22,23-12-6-2-7-13-23)24-14-8-3-9-15-24/h1-18H,19H2. The van der Waals surface area contributed by atoms with Crippen molar-refractivity contribution < 1.29 is 4.39 Å².